The first-order chi connectivity index (χ1) is 11.7. The molecule has 0 saturated carbocycles. The van der Waals surface area contributed by atoms with Gasteiger partial charge in [0.05, 0.1) is 22.7 Å². The summed E-state index contributed by atoms with van der Waals surface area (Å²) in [4.78, 5) is 12.4. The molecule has 0 saturated heterocycles. The minimum atomic E-state index is -3.64. The minimum Gasteiger partial charge on any atom is -0.323 e. The summed E-state index contributed by atoms with van der Waals surface area (Å²) >= 11 is 11.9. The van der Waals surface area contributed by atoms with Gasteiger partial charge in [-0.05, 0) is 36.2 Å². The lowest BCUT2D eigenvalue weighted by Gasteiger charge is -2.24. The molecule has 0 aromatic heterocycles. The Morgan fingerprint density at radius 3 is 2.48 bits per heavy atom. The van der Waals surface area contributed by atoms with E-state index in [1.807, 2.05) is 19.1 Å². The lowest BCUT2D eigenvalue weighted by Crippen LogP contribution is -2.38. The summed E-state index contributed by atoms with van der Waals surface area (Å²) in [6.07, 6.45) is 1.71. The SMILES string of the molecule is CCc1ccccc1N(CC(=O)Nc1cc(Cl)ccc1Cl)S(C)(=O)=O. The van der Waals surface area contributed by atoms with Crippen LogP contribution in [-0.4, -0.2) is 27.1 Å². The second-order valence-electron chi connectivity index (χ2n) is 5.42. The standard InChI is InChI=1S/C17H18Cl2N2O3S/c1-3-12-6-4-5-7-16(12)21(25(2,23)24)11-17(22)20-15-10-13(18)8-9-14(15)19/h4-10H,3,11H2,1-2H3,(H,20,22). The minimum absolute atomic E-state index is 0.317. The third-order valence-corrected chi connectivity index (χ3v) is 5.22. The Labute approximate surface area is 157 Å². The van der Waals surface area contributed by atoms with Crippen LogP contribution in [0.15, 0.2) is 42.5 Å². The van der Waals surface area contributed by atoms with Crippen molar-refractivity contribution in [2.75, 3.05) is 22.4 Å². The van der Waals surface area contributed by atoms with E-state index >= 15 is 0 Å². The Hall–Kier alpha value is -1.76. The van der Waals surface area contributed by atoms with Crippen molar-refractivity contribution in [1.29, 1.82) is 0 Å². The van der Waals surface area contributed by atoms with Crippen molar-refractivity contribution in [3.63, 3.8) is 0 Å². The lowest BCUT2D eigenvalue weighted by molar-refractivity contribution is -0.114. The second-order valence-corrected chi connectivity index (χ2v) is 8.17. The molecule has 1 N–H and O–H groups in total. The van der Waals surface area contributed by atoms with Crippen LogP contribution in [0, 0.1) is 0 Å². The fraction of sp³-hybridized carbons (Fsp3) is 0.235. The van der Waals surface area contributed by atoms with Gasteiger partial charge in [0.15, 0.2) is 0 Å². The number of sulfonamides is 1. The molecule has 0 aliphatic rings. The van der Waals surface area contributed by atoms with Crippen molar-refractivity contribution in [2.45, 2.75) is 13.3 Å². The largest absolute Gasteiger partial charge is 0.323 e. The average molecular weight is 401 g/mol. The summed E-state index contributed by atoms with van der Waals surface area (Å²) in [6.45, 7) is 1.56. The highest BCUT2D eigenvalue weighted by Gasteiger charge is 2.23. The Kier molecular flexibility index (Phi) is 6.32. The van der Waals surface area contributed by atoms with E-state index in [4.69, 9.17) is 23.2 Å². The van der Waals surface area contributed by atoms with Crippen molar-refractivity contribution < 1.29 is 13.2 Å². The van der Waals surface area contributed by atoms with Gasteiger partial charge in [0.1, 0.15) is 6.54 Å². The first-order valence-corrected chi connectivity index (χ1v) is 10.1. The lowest BCUT2D eigenvalue weighted by atomic mass is 10.1. The van der Waals surface area contributed by atoms with Crippen LogP contribution in [0.2, 0.25) is 10.0 Å². The molecule has 134 valence electrons. The van der Waals surface area contributed by atoms with Crippen LogP contribution in [0.4, 0.5) is 11.4 Å². The number of hydrogen-bond acceptors (Lipinski definition) is 3. The van der Waals surface area contributed by atoms with Gasteiger partial charge in [0.25, 0.3) is 0 Å². The number of benzene rings is 2. The number of nitrogens with one attached hydrogen (secondary N) is 1. The molecule has 1 amide bonds. The van der Waals surface area contributed by atoms with E-state index in [9.17, 15) is 13.2 Å². The van der Waals surface area contributed by atoms with E-state index in [1.54, 1.807) is 24.3 Å². The molecule has 0 radical (unpaired) electrons. The zero-order chi connectivity index (χ0) is 18.6. The fourth-order valence-corrected chi connectivity index (χ4v) is 3.57. The monoisotopic (exact) mass is 400 g/mol. The van der Waals surface area contributed by atoms with E-state index in [0.717, 1.165) is 16.1 Å². The van der Waals surface area contributed by atoms with Gasteiger partial charge in [-0.2, -0.15) is 0 Å². The predicted octanol–water partition coefficient (Wildman–Crippen LogP) is 3.96. The number of para-hydroxylation sites is 1. The van der Waals surface area contributed by atoms with Gasteiger partial charge in [-0.3, -0.25) is 9.10 Å². The number of anilines is 2. The molecule has 0 bridgehead atoms. The number of rotatable bonds is 6. The molecular weight excluding hydrogens is 383 g/mol. The fourth-order valence-electron chi connectivity index (χ4n) is 2.35. The molecule has 0 heterocycles. The highest BCUT2D eigenvalue weighted by Crippen LogP contribution is 2.26. The number of nitrogens with zero attached hydrogens (tertiary/aromatic N) is 1. The first kappa shape index (κ1) is 19.6. The second kappa shape index (κ2) is 8.08. The maximum atomic E-state index is 12.4. The van der Waals surface area contributed by atoms with Crippen LogP contribution in [-0.2, 0) is 21.2 Å². The van der Waals surface area contributed by atoms with Gasteiger partial charge in [0.2, 0.25) is 15.9 Å². The molecule has 8 heteroatoms. The van der Waals surface area contributed by atoms with Crippen LogP contribution in [0.3, 0.4) is 0 Å². The molecule has 0 atom stereocenters. The van der Waals surface area contributed by atoms with E-state index in [-0.39, 0.29) is 6.54 Å². The zero-order valence-electron chi connectivity index (χ0n) is 13.8. The van der Waals surface area contributed by atoms with Crippen LogP contribution in [0.25, 0.3) is 0 Å². The summed E-state index contributed by atoms with van der Waals surface area (Å²) in [6, 6.07) is 11.7. The van der Waals surface area contributed by atoms with E-state index in [2.05, 4.69) is 5.32 Å². The maximum absolute atomic E-state index is 12.4. The molecule has 2 aromatic carbocycles. The van der Waals surface area contributed by atoms with Crippen LogP contribution >= 0.6 is 23.2 Å². The molecular formula is C17H18Cl2N2O3S. The highest BCUT2D eigenvalue weighted by molar-refractivity contribution is 7.92. The van der Waals surface area contributed by atoms with Crippen LogP contribution in [0.1, 0.15) is 12.5 Å². The highest BCUT2D eigenvalue weighted by atomic mass is 35.5. The molecule has 0 fully saturated rings. The number of aryl methyl sites for hydroxylation is 1. The van der Waals surface area contributed by atoms with Crippen molar-refractivity contribution in [3.05, 3.63) is 58.1 Å². The molecule has 2 rings (SSSR count). The molecule has 5 nitrogen and oxygen atoms in total. The Balaban J connectivity index is 2.29. The van der Waals surface area contributed by atoms with E-state index < -0.39 is 15.9 Å². The summed E-state index contributed by atoms with van der Waals surface area (Å²) < 4.78 is 25.5. The van der Waals surface area contributed by atoms with Crippen molar-refractivity contribution >= 4 is 50.5 Å². The molecule has 25 heavy (non-hydrogen) atoms. The number of halogens is 2. The van der Waals surface area contributed by atoms with Gasteiger partial charge in [-0.1, -0.05) is 48.3 Å². The molecule has 0 aliphatic heterocycles. The van der Waals surface area contributed by atoms with Gasteiger partial charge in [-0.15, -0.1) is 0 Å². The van der Waals surface area contributed by atoms with E-state index in [0.29, 0.717) is 27.8 Å². The quantitative estimate of drug-likeness (QED) is 0.797. The maximum Gasteiger partial charge on any atom is 0.245 e. The first-order valence-electron chi connectivity index (χ1n) is 7.53. The summed E-state index contributed by atoms with van der Waals surface area (Å²) in [5.41, 5.74) is 1.65. The summed E-state index contributed by atoms with van der Waals surface area (Å²) in [5, 5.41) is 3.33. The topological polar surface area (TPSA) is 66.5 Å². The Bertz CT molecular complexity index is 885. The van der Waals surface area contributed by atoms with Crippen molar-refractivity contribution in [3.8, 4) is 0 Å². The van der Waals surface area contributed by atoms with Gasteiger partial charge in [-0.25, -0.2) is 8.42 Å². The van der Waals surface area contributed by atoms with Crippen LogP contribution < -0.4 is 9.62 Å². The average Bonchev–Trinajstić information content (AvgIpc) is 2.55. The molecule has 0 aliphatic carbocycles. The third kappa shape index (κ3) is 5.11. The number of amides is 1. The van der Waals surface area contributed by atoms with Crippen molar-refractivity contribution in [1.82, 2.24) is 0 Å². The number of carbonyl (C=O) groups is 1. The molecule has 2 aromatic rings. The van der Waals surface area contributed by atoms with E-state index in [1.165, 1.54) is 6.07 Å². The summed E-state index contributed by atoms with van der Waals surface area (Å²) in [5.74, 6) is -0.513. The van der Waals surface area contributed by atoms with Gasteiger partial charge < -0.3 is 5.32 Å². The molecule has 0 unspecified atom stereocenters. The zero-order valence-corrected chi connectivity index (χ0v) is 16.1. The summed E-state index contributed by atoms with van der Waals surface area (Å²) in [7, 11) is -3.64. The Morgan fingerprint density at radius 2 is 1.84 bits per heavy atom. The smallest absolute Gasteiger partial charge is 0.245 e. The van der Waals surface area contributed by atoms with Crippen molar-refractivity contribution in [2.24, 2.45) is 0 Å². The Morgan fingerprint density at radius 1 is 1.16 bits per heavy atom. The predicted molar refractivity (Wildman–Crippen MR) is 103 cm³/mol. The van der Waals surface area contributed by atoms with Gasteiger partial charge >= 0.3 is 0 Å². The number of hydrogen-bond donors (Lipinski definition) is 1. The normalized spacial score (nSPS) is 11.2. The number of carbonyl (C=O) groups excluding carboxylic acids is 1. The molecule has 0 spiro atoms. The van der Waals surface area contributed by atoms with Gasteiger partial charge in [0, 0.05) is 5.02 Å². The third-order valence-electron chi connectivity index (χ3n) is 3.53. The van der Waals surface area contributed by atoms with Crippen LogP contribution in [0.5, 0.6) is 0 Å².